The van der Waals surface area contributed by atoms with Crippen molar-refractivity contribution in [2.45, 2.75) is 40.5 Å². The fraction of sp³-hybridized carbons (Fsp3) is 1.00. The SMILES string of the molecule is CCC(C)C(C)(CC)CN=O. The second-order valence-corrected chi connectivity index (χ2v) is 3.60. The van der Waals surface area contributed by atoms with Crippen molar-refractivity contribution in [1.82, 2.24) is 0 Å². The lowest BCUT2D eigenvalue weighted by atomic mass is 9.75. The van der Waals surface area contributed by atoms with Crippen LogP contribution in [0.25, 0.3) is 0 Å². The summed E-state index contributed by atoms with van der Waals surface area (Å²) in [6, 6.07) is 0. The van der Waals surface area contributed by atoms with Gasteiger partial charge in [0.15, 0.2) is 0 Å². The van der Waals surface area contributed by atoms with E-state index in [0.29, 0.717) is 12.5 Å². The van der Waals surface area contributed by atoms with Gasteiger partial charge < -0.3 is 0 Å². The molecule has 2 heteroatoms. The van der Waals surface area contributed by atoms with Crippen LogP contribution in [0, 0.1) is 16.2 Å². The smallest absolute Gasteiger partial charge is 0.0867 e. The first-order valence-corrected chi connectivity index (χ1v) is 4.39. The quantitative estimate of drug-likeness (QED) is 0.563. The van der Waals surface area contributed by atoms with Crippen LogP contribution in [0.4, 0.5) is 0 Å². The van der Waals surface area contributed by atoms with Crippen molar-refractivity contribution in [3.05, 3.63) is 4.91 Å². The molecule has 2 unspecified atom stereocenters. The summed E-state index contributed by atoms with van der Waals surface area (Å²) in [6.45, 7) is 9.07. The summed E-state index contributed by atoms with van der Waals surface area (Å²) >= 11 is 0. The minimum absolute atomic E-state index is 0.122. The molecule has 0 aromatic rings. The summed E-state index contributed by atoms with van der Waals surface area (Å²) < 4.78 is 0. The van der Waals surface area contributed by atoms with Crippen molar-refractivity contribution in [2.75, 3.05) is 6.54 Å². The maximum atomic E-state index is 10.1. The number of nitrogens with zero attached hydrogens (tertiary/aromatic N) is 1. The van der Waals surface area contributed by atoms with Crippen LogP contribution >= 0.6 is 0 Å². The second kappa shape index (κ2) is 4.47. The zero-order valence-corrected chi connectivity index (χ0v) is 8.05. The molecule has 0 aliphatic heterocycles. The zero-order chi connectivity index (χ0) is 8.91. The molecule has 0 aromatic heterocycles. The fourth-order valence-electron chi connectivity index (χ4n) is 1.26. The Hall–Kier alpha value is -0.400. The third-order valence-electron chi connectivity index (χ3n) is 3.04. The second-order valence-electron chi connectivity index (χ2n) is 3.60. The Morgan fingerprint density at radius 3 is 2.27 bits per heavy atom. The molecule has 0 heterocycles. The van der Waals surface area contributed by atoms with Gasteiger partial charge in [0.05, 0.1) is 6.54 Å². The number of hydrogen-bond donors (Lipinski definition) is 0. The highest BCUT2D eigenvalue weighted by molar-refractivity contribution is 4.79. The van der Waals surface area contributed by atoms with Gasteiger partial charge in [-0.1, -0.05) is 39.3 Å². The van der Waals surface area contributed by atoms with Crippen molar-refractivity contribution >= 4 is 0 Å². The van der Waals surface area contributed by atoms with E-state index >= 15 is 0 Å². The van der Waals surface area contributed by atoms with E-state index in [9.17, 15) is 4.91 Å². The third kappa shape index (κ3) is 2.60. The Bertz CT molecular complexity index is 125. The average molecular weight is 157 g/mol. The highest BCUT2D eigenvalue weighted by atomic mass is 16.3. The Balaban J connectivity index is 4.18. The fourth-order valence-corrected chi connectivity index (χ4v) is 1.26. The Kier molecular flexibility index (Phi) is 4.31. The van der Waals surface area contributed by atoms with Gasteiger partial charge >= 0.3 is 0 Å². The van der Waals surface area contributed by atoms with Gasteiger partial charge in [-0.05, 0) is 17.8 Å². The summed E-state index contributed by atoms with van der Waals surface area (Å²) in [6.07, 6.45) is 2.16. The van der Waals surface area contributed by atoms with Crippen LogP contribution in [-0.2, 0) is 0 Å². The first kappa shape index (κ1) is 10.6. The molecule has 0 amide bonds. The van der Waals surface area contributed by atoms with Crippen molar-refractivity contribution in [2.24, 2.45) is 16.5 Å². The molecule has 0 bridgehead atoms. The van der Waals surface area contributed by atoms with E-state index in [-0.39, 0.29) is 5.41 Å². The van der Waals surface area contributed by atoms with Crippen LogP contribution in [0.5, 0.6) is 0 Å². The first-order chi connectivity index (χ1) is 5.10. The van der Waals surface area contributed by atoms with Crippen LogP contribution in [-0.4, -0.2) is 6.54 Å². The summed E-state index contributed by atoms with van der Waals surface area (Å²) in [5.74, 6) is 0.588. The summed E-state index contributed by atoms with van der Waals surface area (Å²) in [5, 5.41) is 3.00. The Labute approximate surface area is 69.4 Å². The van der Waals surface area contributed by atoms with Gasteiger partial charge in [0, 0.05) is 0 Å². The lowest BCUT2D eigenvalue weighted by Gasteiger charge is -2.31. The third-order valence-corrected chi connectivity index (χ3v) is 3.04. The number of hydrogen-bond acceptors (Lipinski definition) is 2. The molecular formula is C9H19NO. The Morgan fingerprint density at radius 2 is 2.00 bits per heavy atom. The number of rotatable bonds is 5. The molecule has 0 aromatic carbocycles. The molecule has 0 rings (SSSR count). The molecule has 2 nitrogen and oxygen atoms in total. The van der Waals surface area contributed by atoms with Crippen molar-refractivity contribution in [3.63, 3.8) is 0 Å². The molecular weight excluding hydrogens is 138 g/mol. The highest BCUT2D eigenvalue weighted by Crippen LogP contribution is 2.33. The zero-order valence-electron chi connectivity index (χ0n) is 8.05. The molecule has 0 N–H and O–H groups in total. The van der Waals surface area contributed by atoms with Gasteiger partial charge in [0.2, 0.25) is 0 Å². The predicted octanol–water partition coefficient (Wildman–Crippen LogP) is 3.22. The molecule has 0 radical (unpaired) electrons. The topological polar surface area (TPSA) is 29.4 Å². The summed E-state index contributed by atoms with van der Waals surface area (Å²) in [7, 11) is 0. The maximum Gasteiger partial charge on any atom is 0.0867 e. The molecule has 2 atom stereocenters. The van der Waals surface area contributed by atoms with Crippen LogP contribution in [0.2, 0.25) is 0 Å². The summed E-state index contributed by atoms with van der Waals surface area (Å²) in [5.41, 5.74) is 0.122. The summed E-state index contributed by atoms with van der Waals surface area (Å²) in [4.78, 5) is 10.1. The largest absolute Gasteiger partial charge is 0.151 e. The van der Waals surface area contributed by atoms with E-state index in [4.69, 9.17) is 0 Å². The number of nitroso groups, excluding NO2 is 1. The molecule has 11 heavy (non-hydrogen) atoms. The normalized spacial score (nSPS) is 18.9. The molecule has 0 fully saturated rings. The van der Waals surface area contributed by atoms with Gasteiger partial charge in [-0.3, -0.25) is 0 Å². The lowest BCUT2D eigenvalue weighted by Crippen LogP contribution is -2.27. The van der Waals surface area contributed by atoms with E-state index < -0.39 is 0 Å². The van der Waals surface area contributed by atoms with E-state index in [1.807, 2.05) is 0 Å². The van der Waals surface area contributed by atoms with Crippen LogP contribution in [0.15, 0.2) is 5.18 Å². The van der Waals surface area contributed by atoms with Crippen molar-refractivity contribution in [1.29, 1.82) is 0 Å². The predicted molar refractivity (Wildman–Crippen MR) is 48.5 cm³/mol. The van der Waals surface area contributed by atoms with E-state index in [1.54, 1.807) is 0 Å². The monoisotopic (exact) mass is 157 g/mol. The van der Waals surface area contributed by atoms with Crippen LogP contribution in [0.1, 0.15) is 40.5 Å². The van der Waals surface area contributed by atoms with E-state index in [2.05, 4.69) is 32.9 Å². The first-order valence-electron chi connectivity index (χ1n) is 4.39. The van der Waals surface area contributed by atoms with Gasteiger partial charge in [-0.25, -0.2) is 0 Å². The molecule has 0 aliphatic carbocycles. The molecule has 0 spiro atoms. The lowest BCUT2D eigenvalue weighted by molar-refractivity contribution is 0.197. The van der Waals surface area contributed by atoms with E-state index in [0.717, 1.165) is 12.8 Å². The van der Waals surface area contributed by atoms with Gasteiger partial charge in [0.1, 0.15) is 0 Å². The van der Waals surface area contributed by atoms with Crippen molar-refractivity contribution < 1.29 is 0 Å². The highest BCUT2D eigenvalue weighted by Gasteiger charge is 2.28. The van der Waals surface area contributed by atoms with Gasteiger partial charge in [-0.15, -0.1) is 0 Å². The molecule has 0 aliphatic rings. The minimum Gasteiger partial charge on any atom is -0.151 e. The van der Waals surface area contributed by atoms with Gasteiger partial charge in [-0.2, -0.15) is 4.91 Å². The standard InChI is InChI=1S/C9H19NO/c1-5-8(3)9(4,6-2)7-10-11/h8H,5-7H2,1-4H3. The molecule has 0 saturated carbocycles. The van der Waals surface area contributed by atoms with Gasteiger partial charge in [0.25, 0.3) is 0 Å². The van der Waals surface area contributed by atoms with Crippen LogP contribution < -0.4 is 0 Å². The molecule has 66 valence electrons. The molecule has 0 saturated heterocycles. The maximum absolute atomic E-state index is 10.1. The minimum atomic E-state index is 0.122. The Morgan fingerprint density at radius 1 is 1.45 bits per heavy atom. The average Bonchev–Trinajstić information content (AvgIpc) is 2.03. The van der Waals surface area contributed by atoms with E-state index in [1.165, 1.54) is 0 Å². The van der Waals surface area contributed by atoms with Crippen molar-refractivity contribution in [3.8, 4) is 0 Å². The van der Waals surface area contributed by atoms with Crippen LogP contribution in [0.3, 0.4) is 0 Å².